The van der Waals surface area contributed by atoms with E-state index in [1.807, 2.05) is 54.2 Å². The number of benzene rings is 2. The van der Waals surface area contributed by atoms with Crippen LogP contribution >= 0.6 is 11.3 Å². The predicted molar refractivity (Wildman–Crippen MR) is 122 cm³/mol. The SMILES string of the molecule is COc1ccc(CC(=O)Nc2nc(-c3ccccc3)c(-c3nccn3C)s2)cc1OC. The van der Waals surface area contributed by atoms with Gasteiger partial charge in [-0.05, 0) is 17.7 Å². The van der Waals surface area contributed by atoms with Gasteiger partial charge in [0.05, 0.1) is 31.2 Å². The first-order valence-corrected chi connectivity index (χ1v) is 10.5. The molecule has 2 aromatic heterocycles. The number of ether oxygens (including phenoxy) is 2. The van der Waals surface area contributed by atoms with E-state index in [0.29, 0.717) is 16.6 Å². The molecular formula is C23H22N4O3S. The molecule has 8 heteroatoms. The highest BCUT2D eigenvalue weighted by molar-refractivity contribution is 7.19. The van der Waals surface area contributed by atoms with Crippen molar-refractivity contribution in [3.05, 3.63) is 66.5 Å². The van der Waals surface area contributed by atoms with Crippen LogP contribution in [0.1, 0.15) is 5.56 Å². The molecule has 4 rings (SSSR count). The van der Waals surface area contributed by atoms with Crippen molar-refractivity contribution in [3.8, 4) is 33.5 Å². The first kappa shape index (κ1) is 20.6. The van der Waals surface area contributed by atoms with Gasteiger partial charge in [-0.15, -0.1) is 0 Å². The number of aryl methyl sites for hydroxylation is 1. The number of thiazole rings is 1. The lowest BCUT2D eigenvalue weighted by Crippen LogP contribution is -2.14. The third-order valence-electron chi connectivity index (χ3n) is 4.76. The quantitative estimate of drug-likeness (QED) is 0.466. The molecule has 4 aromatic rings. The topological polar surface area (TPSA) is 78.3 Å². The Labute approximate surface area is 184 Å². The van der Waals surface area contributed by atoms with Crippen molar-refractivity contribution in [2.75, 3.05) is 19.5 Å². The summed E-state index contributed by atoms with van der Waals surface area (Å²) in [6.07, 6.45) is 3.83. The van der Waals surface area contributed by atoms with E-state index >= 15 is 0 Å². The third kappa shape index (κ3) is 4.44. The fraction of sp³-hybridized carbons (Fsp3) is 0.174. The second-order valence-electron chi connectivity index (χ2n) is 6.84. The molecule has 0 aliphatic carbocycles. The summed E-state index contributed by atoms with van der Waals surface area (Å²) in [5.41, 5.74) is 2.58. The van der Waals surface area contributed by atoms with Gasteiger partial charge in [0.2, 0.25) is 5.91 Å². The summed E-state index contributed by atoms with van der Waals surface area (Å²) >= 11 is 1.41. The van der Waals surface area contributed by atoms with E-state index in [2.05, 4.69) is 10.3 Å². The summed E-state index contributed by atoms with van der Waals surface area (Å²) in [6, 6.07) is 15.3. The second-order valence-corrected chi connectivity index (χ2v) is 7.84. The van der Waals surface area contributed by atoms with Gasteiger partial charge in [-0.1, -0.05) is 47.7 Å². The molecule has 2 heterocycles. The predicted octanol–water partition coefficient (Wildman–Crippen LogP) is 4.41. The first-order valence-electron chi connectivity index (χ1n) is 9.63. The Morgan fingerprint density at radius 2 is 1.87 bits per heavy atom. The highest BCUT2D eigenvalue weighted by Gasteiger charge is 2.19. The first-order chi connectivity index (χ1) is 15.1. The van der Waals surface area contributed by atoms with Gasteiger partial charge in [0.15, 0.2) is 22.5 Å². The van der Waals surface area contributed by atoms with E-state index in [9.17, 15) is 4.79 Å². The van der Waals surface area contributed by atoms with Crippen molar-refractivity contribution >= 4 is 22.4 Å². The maximum Gasteiger partial charge on any atom is 0.230 e. The zero-order valence-corrected chi connectivity index (χ0v) is 18.3. The van der Waals surface area contributed by atoms with Gasteiger partial charge < -0.3 is 19.4 Å². The molecule has 0 radical (unpaired) electrons. The van der Waals surface area contributed by atoms with Gasteiger partial charge >= 0.3 is 0 Å². The number of carbonyl (C=O) groups is 1. The van der Waals surface area contributed by atoms with Crippen LogP contribution in [0.25, 0.3) is 22.0 Å². The molecule has 31 heavy (non-hydrogen) atoms. The number of hydrogen-bond acceptors (Lipinski definition) is 6. The Morgan fingerprint density at radius 3 is 2.55 bits per heavy atom. The number of amides is 1. The lowest BCUT2D eigenvalue weighted by Gasteiger charge is -2.09. The van der Waals surface area contributed by atoms with E-state index in [1.165, 1.54) is 11.3 Å². The lowest BCUT2D eigenvalue weighted by atomic mass is 10.1. The summed E-state index contributed by atoms with van der Waals surface area (Å²) in [5.74, 6) is 1.85. The van der Waals surface area contributed by atoms with Gasteiger partial charge in [0.25, 0.3) is 0 Å². The molecule has 0 atom stereocenters. The van der Waals surface area contributed by atoms with Crippen LogP contribution < -0.4 is 14.8 Å². The number of rotatable bonds is 7. The maximum absolute atomic E-state index is 12.7. The number of methoxy groups -OCH3 is 2. The molecule has 0 unspecified atom stereocenters. The number of aromatic nitrogens is 3. The van der Waals surface area contributed by atoms with Gasteiger partial charge in [-0.25, -0.2) is 9.97 Å². The highest BCUT2D eigenvalue weighted by atomic mass is 32.1. The van der Waals surface area contributed by atoms with Crippen LogP contribution in [-0.2, 0) is 18.3 Å². The number of imidazole rings is 1. The standard InChI is InChI=1S/C23H22N4O3S/c1-27-12-11-24-22(27)21-20(16-7-5-4-6-8-16)26-23(31-21)25-19(28)14-15-9-10-17(29-2)18(13-15)30-3/h4-13H,14H2,1-3H3,(H,25,26,28). The van der Waals surface area contributed by atoms with Crippen LogP contribution in [0, 0.1) is 0 Å². The van der Waals surface area contributed by atoms with Crippen molar-refractivity contribution in [3.63, 3.8) is 0 Å². The number of carbonyl (C=O) groups excluding carboxylic acids is 1. The van der Waals surface area contributed by atoms with Crippen LogP contribution in [0.2, 0.25) is 0 Å². The molecular weight excluding hydrogens is 412 g/mol. The Balaban J connectivity index is 1.60. The summed E-state index contributed by atoms with van der Waals surface area (Å²) in [5, 5.41) is 3.46. The van der Waals surface area contributed by atoms with Crippen molar-refractivity contribution in [1.29, 1.82) is 0 Å². The minimum Gasteiger partial charge on any atom is -0.493 e. The summed E-state index contributed by atoms with van der Waals surface area (Å²) in [6.45, 7) is 0. The van der Waals surface area contributed by atoms with Crippen LogP contribution in [0.4, 0.5) is 5.13 Å². The minimum atomic E-state index is -0.160. The number of nitrogens with zero attached hydrogens (tertiary/aromatic N) is 3. The highest BCUT2D eigenvalue weighted by Crippen LogP contribution is 2.38. The van der Waals surface area contributed by atoms with Crippen LogP contribution in [-0.4, -0.2) is 34.7 Å². The molecule has 0 aliphatic heterocycles. The van der Waals surface area contributed by atoms with E-state index in [-0.39, 0.29) is 12.3 Å². The second kappa shape index (κ2) is 9.01. The molecule has 1 amide bonds. The molecule has 0 spiro atoms. The molecule has 2 aromatic carbocycles. The van der Waals surface area contributed by atoms with Gasteiger partial charge in [0, 0.05) is 25.0 Å². The van der Waals surface area contributed by atoms with Crippen molar-refractivity contribution in [2.45, 2.75) is 6.42 Å². The average molecular weight is 435 g/mol. The van der Waals surface area contributed by atoms with E-state index < -0.39 is 0 Å². The Kier molecular flexibility index (Phi) is 5.99. The van der Waals surface area contributed by atoms with Gasteiger partial charge in [-0.2, -0.15) is 0 Å². The molecule has 0 bridgehead atoms. The largest absolute Gasteiger partial charge is 0.493 e. The number of anilines is 1. The van der Waals surface area contributed by atoms with E-state index in [4.69, 9.17) is 14.5 Å². The molecule has 0 aliphatic rings. The minimum absolute atomic E-state index is 0.160. The zero-order chi connectivity index (χ0) is 21.8. The number of hydrogen-bond donors (Lipinski definition) is 1. The van der Waals surface area contributed by atoms with E-state index in [0.717, 1.165) is 27.5 Å². The summed E-state index contributed by atoms with van der Waals surface area (Å²) in [7, 11) is 5.09. The fourth-order valence-corrected chi connectivity index (χ4v) is 4.28. The lowest BCUT2D eigenvalue weighted by molar-refractivity contribution is -0.115. The van der Waals surface area contributed by atoms with E-state index in [1.54, 1.807) is 32.5 Å². The maximum atomic E-state index is 12.7. The molecule has 0 saturated carbocycles. The molecule has 1 N–H and O–H groups in total. The van der Waals surface area contributed by atoms with Gasteiger partial charge in [0.1, 0.15) is 0 Å². The van der Waals surface area contributed by atoms with Crippen LogP contribution in [0.5, 0.6) is 11.5 Å². The average Bonchev–Trinajstić information content (AvgIpc) is 3.39. The number of nitrogens with one attached hydrogen (secondary N) is 1. The molecule has 158 valence electrons. The van der Waals surface area contributed by atoms with Gasteiger partial charge in [-0.3, -0.25) is 4.79 Å². The Bertz CT molecular complexity index is 1200. The summed E-state index contributed by atoms with van der Waals surface area (Å²) < 4.78 is 12.5. The van der Waals surface area contributed by atoms with Crippen LogP contribution in [0.3, 0.4) is 0 Å². The zero-order valence-electron chi connectivity index (χ0n) is 17.5. The molecule has 0 saturated heterocycles. The summed E-state index contributed by atoms with van der Waals surface area (Å²) in [4.78, 5) is 22.8. The van der Waals surface area contributed by atoms with Crippen molar-refractivity contribution < 1.29 is 14.3 Å². The molecule has 0 fully saturated rings. The van der Waals surface area contributed by atoms with Crippen molar-refractivity contribution in [2.24, 2.45) is 7.05 Å². The fourth-order valence-electron chi connectivity index (χ4n) is 3.24. The smallest absolute Gasteiger partial charge is 0.230 e. The Morgan fingerprint density at radius 1 is 1.10 bits per heavy atom. The normalized spacial score (nSPS) is 10.7. The third-order valence-corrected chi connectivity index (χ3v) is 5.72. The molecule has 7 nitrogen and oxygen atoms in total. The monoisotopic (exact) mass is 434 g/mol. The van der Waals surface area contributed by atoms with Crippen molar-refractivity contribution in [1.82, 2.24) is 14.5 Å². The Hall–Kier alpha value is -3.65. The van der Waals surface area contributed by atoms with Crippen LogP contribution in [0.15, 0.2) is 60.9 Å².